The normalized spacial score (nSPS) is 12.2. The highest BCUT2D eigenvalue weighted by atomic mass is 32.2. The number of amides is 1. The van der Waals surface area contributed by atoms with Gasteiger partial charge in [0.25, 0.3) is 5.91 Å². The molecule has 1 amide bonds. The summed E-state index contributed by atoms with van der Waals surface area (Å²) in [6, 6.07) is 6.89. The zero-order valence-electron chi connectivity index (χ0n) is 18.0. The van der Waals surface area contributed by atoms with Gasteiger partial charge in [0.15, 0.2) is 0 Å². The van der Waals surface area contributed by atoms with Crippen molar-refractivity contribution < 1.29 is 17.6 Å². The van der Waals surface area contributed by atoms with Crippen LogP contribution in [-0.2, 0) is 9.84 Å². The highest BCUT2D eigenvalue weighted by Crippen LogP contribution is 2.26. The summed E-state index contributed by atoms with van der Waals surface area (Å²) >= 11 is 0. The van der Waals surface area contributed by atoms with Gasteiger partial charge in [-0.1, -0.05) is 0 Å². The molecule has 1 aromatic carbocycles. The smallest absolute Gasteiger partial charge is 0.253 e. The van der Waals surface area contributed by atoms with E-state index in [2.05, 4.69) is 25.6 Å². The van der Waals surface area contributed by atoms with E-state index in [1.54, 1.807) is 6.92 Å². The minimum atomic E-state index is -3.15. The Bertz CT molecular complexity index is 1360. The third-order valence-corrected chi connectivity index (χ3v) is 5.81. The summed E-state index contributed by atoms with van der Waals surface area (Å²) in [6.07, 6.45) is 2.57. The van der Waals surface area contributed by atoms with E-state index in [4.69, 9.17) is 5.73 Å². The van der Waals surface area contributed by atoms with Crippen molar-refractivity contribution in [3.05, 3.63) is 53.2 Å². The number of fused-ring (bicyclic) bond motifs is 1. The summed E-state index contributed by atoms with van der Waals surface area (Å²) < 4.78 is 36.4. The Morgan fingerprint density at radius 3 is 2.76 bits per heavy atom. The van der Waals surface area contributed by atoms with Gasteiger partial charge in [-0.2, -0.15) is 5.26 Å². The van der Waals surface area contributed by atoms with Crippen LogP contribution in [0, 0.1) is 17.1 Å². The van der Waals surface area contributed by atoms with Crippen LogP contribution in [0.2, 0.25) is 0 Å². The summed E-state index contributed by atoms with van der Waals surface area (Å²) in [5.74, 6) is -0.844. The van der Waals surface area contributed by atoms with Gasteiger partial charge < -0.3 is 16.4 Å². The zero-order valence-corrected chi connectivity index (χ0v) is 18.8. The number of anilines is 2. The molecule has 4 N–H and O–H groups in total. The van der Waals surface area contributed by atoms with E-state index < -0.39 is 27.6 Å². The van der Waals surface area contributed by atoms with E-state index in [0.29, 0.717) is 16.6 Å². The molecule has 0 bridgehead atoms. The summed E-state index contributed by atoms with van der Waals surface area (Å²) in [5.41, 5.74) is 6.77. The Morgan fingerprint density at radius 2 is 2.06 bits per heavy atom. The van der Waals surface area contributed by atoms with Gasteiger partial charge in [0, 0.05) is 18.2 Å². The second-order valence-corrected chi connectivity index (χ2v) is 9.72. The molecule has 0 aliphatic heterocycles. The molecule has 2 heterocycles. The molecular formula is C21H22FN7O3S. The van der Waals surface area contributed by atoms with E-state index in [1.165, 1.54) is 30.6 Å². The number of nitriles is 1. The van der Waals surface area contributed by atoms with Crippen LogP contribution in [0.5, 0.6) is 0 Å². The topological polar surface area (TPSA) is 164 Å². The van der Waals surface area contributed by atoms with Gasteiger partial charge in [-0.05, 0) is 37.6 Å². The third-order valence-electron chi connectivity index (χ3n) is 4.78. The molecule has 172 valence electrons. The molecule has 1 unspecified atom stereocenters. The number of hydrogen-bond donors (Lipinski definition) is 3. The second-order valence-electron chi connectivity index (χ2n) is 7.46. The first-order valence-corrected chi connectivity index (χ1v) is 12.0. The lowest BCUT2D eigenvalue weighted by Gasteiger charge is -2.19. The fourth-order valence-corrected chi connectivity index (χ4v) is 3.87. The number of rotatable bonds is 8. The summed E-state index contributed by atoms with van der Waals surface area (Å²) in [7, 11) is -3.15. The lowest BCUT2D eigenvalue weighted by atomic mass is 10.0. The van der Waals surface area contributed by atoms with Crippen LogP contribution < -0.4 is 16.4 Å². The first-order chi connectivity index (χ1) is 15.6. The molecule has 0 saturated heterocycles. The van der Waals surface area contributed by atoms with Crippen LogP contribution in [0.1, 0.15) is 41.0 Å². The number of carbonyl (C=O) groups excluding carboxylic acids is 1. The van der Waals surface area contributed by atoms with E-state index in [1.807, 2.05) is 6.07 Å². The molecule has 0 fully saturated rings. The largest absolute Gasteiger partial charge is 0.382 e. The number of aromatic nitrogens is 3. The lowest BCUT2D eigenvalue weighted by Crippen LogP contribution is -2.28. The van der Waals surface area contributed by atoms with E-state index in [0.717, 1.165) is 6.26 Å². The van der Waals surface area contributed by atoms with Crippen molar-refractivity contribution in [2.45, 2.75) is 19.4 Å². The van der Waals surface area contributed by atoms with Gasteiger partial charge in [0.05, 0.1) is 28.6 Å². The number of pyridine rings is 1. The van der Waals surface area contributed by atoms with Crippen LogP contribution in [0.4, 0.5) is 16.0 Å². The van der Waals surface area contributed by atoms with Crippen molar-refractivity contribution in [1.82, 2.24) is 20.3 Å². The predicted octanol–water partition coefficient (Wildman–Crippen LogP) is 1.96. The highest BCUT2D eigenvalue weighted by Gasteiger charge is 2.21. The first-order valence-electron chi connectivity index (χ1n) is 9.92. The second kappa shape index (κ2) is 9.74. The molecule has 0 aliphatic carbocycles. The fraction of sp³-hybridized carbons (Fsp3) is 0.286. The number of nitrogen functional groups attached to an aromatic ring is 1. The highest BCUT2D eigenvalue weighted by molar-refractivity contribution is 7.90. The quantitative estimate of drug-likeness (QED) is 0.417. The van der Waals surface area contributed by atoms with Crippen LogP contribution in [0.3, 0.4) is 0 Å². The van der Waals surface area contributed by atoms with Crippen molar-refractivity contribution in [3.8, 4) is 6.07 Å². The van der Waals surface area contributed by atoms with Crippen molar-refractivity contribution in [3.63, 3.8) is 0 Å². The molecule has 10 nitrogen and oxygen atoms in total. The summed E-state index contributed by atoms with van der Waals surface area (Å²) in [5, 5.41) is 15.5. The molecule has 12 heteroatoms. The number of carbonyl (C=O) groups is 1. The monoisotopic (exact) mass is 471 g/mol. The molecule has 0 spiro atoms. The van der Waals surface area contributed by atoms with Crippen molar-refractivity contribution in [2.75, 3.05) is 29.6 Å². The Labute approximate surface area is 190 Å². The van der Waals surface area contributed by atoms with Gasteiger partial charge in [0.2, 0.25) is 0 Å². The molecule has 33 heavy (non-hydrogen) atoms. The Hall–Kier alpha value is -3.85. The van der Waals surface area contributed by atoms with Crippen molar-refractivity contribution >= 4 is 38.3 Å². The number of hydrogen-bond acceptors (Lipinski definition) is 9. The zero-order chi connectivity index (χ0) is 24.2. The van der Waals surface area contributed by atoms with Crippen molar-refractivity contribution in [1.29, 1.82) is 5.26 Å². The minimum Gasteiger partial charge on any atom is -0.382 e. The Morgan fingerprint density at radius 1 is 1.30 bits per heavy atom. The number of nitrogens with one attached hydrogen (secondary N) is 2. The molecule has 0 saturated carbocycles. The molecular weight excluding hydrogens is 449 g/mol. The number of halogens is 1. The average molecular weight is 472 g/mol. The number of benzene rings is 1. The lowest BCUT2D eigenvalue weighted by molar-refractivity contribution is 0.0952. The van der Waals surface area contributed by atoms with Crippen molar-refractivity contribution in [2.24, 2.45) is 0 Å². The minimum absolute atomic E-state index is 0.00740. The summed E-state index contributed by atoms with van der Waals surface area (Å²) in [4.78, 5) is 25.3. The molecule has 3 rings (SSSR count). The molecule has 2 aromatic heterocycles. The molecule has 0 radical (unpaired) electrons. The maximum absolute atomic E-state index is 13.7. The molecule has 1 atom stereocenters. The maximum atomic E-state index is 13.7. The van der Waals surface area contributed by atoms with Crippen LogP contribution >= 0.6 is 0 Å². The SMILES string of the molecule is CC(Nc1ncnc(N)c1C#N)c1nc2ccc(F)cc2cc1C(=O)NCCCS(C)(=O)=O. The van der Waals surface area contributed by atoms with Crippen LogP contribution in [-0.4, -0.2) is 47.8 Å². The standard InChI is InChI=1S/C21H22FN7O3S/c1-12(28-20-16(10-23)19(24)26-11-27-20)18-15(21(30)25-6-3-7-33(2,31)32)9-13-8-14(22)4-5-17(13)29-18/h4-5,8-9,11-12H,3,6-7H2,1-2H3,(H,25,30)(H3,24,26,27,28). The first kappa shape index (κ1) is 23.8. The number of nitrogens with zero attached hydrogens (tertiary/aromatic N) is 4. The Balaban J connectivity index is 1.95. The van der Waals surface area contributed by atoms with Gasteiger partial charge in [-0.3, -0.25) is 4.79 Å². The molecule has 0 aliphatic rings. The van der Waals surface area contributed by atoms with E-state index in [9.17, 15) is 22.9 Å². The van der Waals surface area contributed by atoms with Gasteiger partial charge in [-0.25, -0.2) is 27.8 Å². The van der Waals surface area contributed by atoms with Gasteiger partial charge in [0.1, 0.15) is 45.3 Å². The Kier molecular flexibility index (Phi) is 7.03. The maximum Gasteiger partial charge on any atom is 0.253 e. The number of sulfone groups is 1. The fourth-order valence-electron chi connectivity index (χ4n) is 3.20. The molecule has 3 aromatic rings. The van der Waals surface area contributed by atoms with E-state index in [-0.39, 0.29) is 41.5 Å². The van der Waals surface area contributed by atoms with Crippen LogP contribution in [0.15, 0.2) is 30.6 Å². The van der Waals surface area contributed by atoms with E-state index >= 15 is 0 Å². The predicted molar refractivity (Wildman–Crippen MR) is 122 cm³/mol. The average Bonchev–Trinajstić information content (AvgIpc) is 2.75. The summed E-state index contributed by atoms with van der Waals surface area (Å²) in [6.45, 7) is 1.85. The van der Waals surface area contributed by atoms with Gasteiger partial charge >= 0.3 is 0 Å². The van der Waals surface area contributed by atoms with Crippen LogP contribution in [0.25, 0.3) is 10.9 Å². The third kappa shape index (κ3) is 5.89. The number of nitrogens with two attached hydrogens (primary N) is 1. The van der Waals surface area contributed by atoms with Gasteiger partial charge in [-0.15, -0.1) is 0 Å².